The zero-order valence-electron chi connectivity index (χ0n) is 9.50. The van der Waals surface area contributed by atoms with Crippen LogP contribution in [0.15, 0.2) is 18.3 Å². The fourth-order valence-electron chi connectivity index (χ4n) is 1.29. The van der Waals surface area contributed by atoms with Gasteiger partial charge in [-0.25, -0.2) is 0 Å². The van der Waals surface area contributed by atoms with Crippen molar-refractivity contribution < 1.29 is 20.1 Å². The van der Waals surface area contributed by atoms with Crippen LogP contribution in [0.2, 0.25) is 0 Å². The predicted molar refractivity (Wildman–Crippen MR) is 59.8 cm³/mol. The number of nitrogens with zero attached hydrogens (tertiary/aromatic N) is 1. The highest BCUT2D eigenvalue weighted by atomic mass is 16.3. The molecule has 0 fully saturated rings. The van der Waals surface area contributed by atoms with Crippen molar-refractivity contribution in [1.29, 1.82) is 0 Å². The van der Waals surface area contributed by atoms with Gasteiger partial charge in [-0.2, -0.15) is 0 Å². The van der Waals surface area contributed by atoms with Crippen LogP contribution < -0.4 is 5.32 Å². The summed E-state index contributed by atoms with van der Waals surface area (Å²) in [6, 6.07) is 3.13. The van der Waals surface area contributed by atoms with Gasteiger partial charge in [0, 0.05) is 25.2 Å². The van der Waals surface area contributed by atoms with Crippen LogP contribution in [0.25, 0.3) is 0 Å². The molecule has 6 heteroatoms. The topological polar surface area (TPSA) is 103 Å². The molecule has 0 spiro atoms. The molecule has 1 heterocycles. The molecular formula is C11H16N2O4. The van der Waals surface area contributed by atoms with Crippen molar-refractivity contribution in [1.82, 2.24) is 10.3 Å². The maximum atomic E-state index is 10.6. The lowest BCUT2D eigenvalue weighted by atomic mass is 10.1. The van der Waals surface area contributed by atoms with Crippen molar-refractivity contribution in [2.24, 2.45) is 0 Å². The zero-order valence-corrected chi connectivity index (χ0v) is 9.50. The number of aliphatic hydroxyl groups is 3. The van der Waals surface area contributed by atoms with E-state index >= 15 is 0 Å². The van der Waals surface area contributed by atoms with Crippen LogP contribution in [-0.2, 0) is 11.4 Å². The Morgan fingerprint density at radius 2 is 2.18 bits per heavy atom. The van der Waals surface area contributed by atoms with Crippen LogP contribution in [0.3, 0.4) is 0 Å². The molecule has 0 saturated heterocycles. The normalized spacial score (nSPS) is 14.1. The molecule has 1 rings (SSSR count). The average Bonchev–Trinajstić information content (AvgIpc) is 2.35. The summed E-state index contributed by atoms with van der Waals surface area (Å²) in [5.74, 6) is -0.273. The zero-order chi connectivity index (χ0) is 12.8. The molecule has 1 aromatic rings. The molecule has 6 nitrogen and oxygen atoms in total. The summed E-state index contributed by atoms with van der Waals surface area (Å²) in [5.41, 5.74) is 0.914. The number of carbonyl (C=O) groups is 1. The standard InChI is InChI=1S/C11H16N2O4/c1-7(15)12-5-10(16)11(17)8-2-3-9(6-14)13-4-8/h2-4,10-11,14,16-17H,5-6H2,1H3,(H,12,15). The number of hydrogen-bond donors (Lipinski definition) is 4. The summed E-state index contributed by atoms with van der Waals surface area (Å²) < 4.78 is 0. The second-order valence-corrected chi connectivity index (χ2v) is 3.69. The number of rotatable bonds is 5. The lowest BCUT2D eigenvalue weighted by Crippen LogP contribution is -2.34. The van der Waals surface area contributed by atoms with Crippen molar-refractivity contribution in [2.45, 2.75) is 25.7 Å². The Balaban J connectivity index is 2.60. The molecule has 17 heavy (non-hydrogen) atoms. The van der Waals surface area contributed by atoms with E-state index in [2.05, 4.69) is 10.3 Å². The fraction of sp³-hybridized carbons (Fsp3) is 0.455. The van der Waals surface area contributed by atoms with Gasteiger partial charge in [0.1, 0.15) is 12.2 Å². The van der Waals surface area contributed by atoms with Gasteiger partial charge in [0.2, 0.25) is 5.91 Å². The summed E-state index contributed by atoms with van der Waals surface area (Å²) in [6.07, 6.45) is -0.838. The summed E-state index contributed by atoms with van der Waals surface area (Å²) >= 11 is 0. The molecule has 0 aliphatic carbocycles. The smallest absolute Gasteiger partial charge is 0.216 e. The van der Waals surface area contributed by atoms with Crippen molar-refractivity contribution in [3.05, 3.63) is 29.6 Å². The van der Waals surface area contributed by atoms with E-state index in [1.54, 1.807) is 12.1 Å². The number of pyridine rings is 1. The first-order chi connectivity index (χ1) is 8.04. The Kier molecular flexibility index (Phi) is 5.02. The van der Waals surface area contributed by atoms with Gasteiger partial charge in [-0.15, -0.1) is 0 Å². The fourth-order valence-corrected chi connectivity index (χ4v) is 1.29. The van der Waals surface area contributed by atoms with E-state index < -0.39 is 12.2 Å². The first-order valence-corrected chi connectivity index (χ1v) is 5.21. The van der Waals surface area contributed by atoms with Crippen LogP contribution in [0.5, 0.6) is 0 Å². The van der Waals surface area contributed by atoms with E-state index in [9.17, 15) is 15.0 Å². The maximum Gasteiger partial charge on any atom is 0.216 e. The van der Waals surface area contributed by atoms with E-state index in [0.717, 1.165) is 0 Å². The maximum absolute atomic E-state index is 10.6. The van der Waals surface area contributed by atoms with Gasteiger partial charge in [-0.3, -0.25) is 9.78 Å². The number of hydrogen-bond acceptors (Lipinski definition) is 5. The third-order valence-corrected chi connectivity index (χ3v) is 2.28. The summed E-state index contributed by atoms with van der Waals surface area (Å²) in [7, 11) is 0. The minimum absolute atomic E-state index is 0.0295. The molecule has 0 radical (unpaired) electrons. The number of carbonyl (C=O) groups excluding carboxylic acids is 1. The van der Waals surface area contributed by atoms with E-state index in [0.29, 0.717) is 11.3 Å². The highest BCUT2D eigenvalue weighted by Crippen LogP contribution is 2.15. The van der Waals surface area contributed by atoms with Crippen LogP contribution in [0.4, 0.5) is 0 Å². The minimum Gasteiger partial charge on any atom is -0.390 e. The first-order valence-electron chi connectivity index (χ1n) is 5.21. The monoisotopic (exact) mass is 240 g/mol. The highest BCUT2D eigenvalue weighted by molar-refractivity contribution is 5.72. The van der Waals surface area contributed by atoms with Gasteiger partial charge in [0.15, 0.2) is 0 Å². The third-order valence-electron chi connectivity index (χ3n) is 2.28. The van der Waals surface area contributed by atoms with E-state index in [1.165, 1.54) is 13.1 Å². The van der Waals surface area contributed by atoms with Crippen LogP contribution in [0.1, 0.15) is 24.3 Å². The van der Waals surface area contributed by atoms with Crippen molar-refractivity contribution >= 4 is 5.91 Å². The second-order valence-electron chi connectivity index (χ2n) is 3.69. The second kappa shape index (κ2) is 6.29. The molecule has 94 valence electrons. The summed E-state index contributed by atoms with van der Waals surface area (Å²) in [6.45, 7) is 1.12. The Hall–Kier alpha value is -1.50. The van der Waals surface area contributed by atoms with Gasteiger partial charge >= 0.3 is 0 Å². The highest BCUT2D eigenvalue weighted by Gasteiger charge is 2.18. The first kappa shape index (κ1) is 13.6. The lowest BCUT2D eigenvalue weighted by molar-refractivity contribution is -0.119. The number of aliphatic hydroxyl groups excluding tert-OH is 3. The van der Waals surface area contributed by atoms with E-state index in [-0.39, 0.29) is 19.1 Å². The number of amides is 1. The largest absolute Gasteiger partial charge is 0.390 e. The Labute approximate surface area is 98.9 Å². The lowest BCUT2D eigenvalue weighted by Gasteiger charge is -2.18. The van der Waals surface area contributed by atoms with E-state index in [1.807, 2.05) is 0 Å². The number of aromatic nitrogens is 1. The molecular weight excluding hydrogens is 224 g/mol. The number of nitrogens with one attached hydrogen (secondary N) is 1. The van der Waals surface area contributed by atoms with Gasteiger partial charge in [0.05, 0.1) is 12.3 Å². The van der Waals surface area contributed by atoms with Crippen LogP contribution in [-0.4, -0.2) is 38.9 Å². The summed E-state index contributed by atoms with van der Waals surface area (Å²) in [5, 5.41) is 30.6. The molecule has 0 saturated carbocycles. The summed E-state index contributed by atoms with van der Waals surface area (Å²) in [4.78, 5) is 14.5. The molecule has 1 aromatic heterocycles. The molecule has 0 aliphatic heterocycles. The molecule has 0 bridgehead atoms. The average molecular weight is 240 g/mol. The van der Waals surface area contributed by atoms with Crippen molar-refractivity contribution in [2.75, 3.05) is 6.54 Å². The van der Waals surface area contributed by atoms with Crippen LogP contribution in [0, 0.1) is 0 Å². The molecule has 0 aromatic carbocycles. The predicted octanol–water partition coefficient (Wildman–Crippen LogP) is -0.896. The van der Waals surface area contributed by atoms with Gasteiger partial charge < -0.3 is 20.6 Å². The van der Waals surface area contributed by atoms with Gasteiger partial charge in [0.25, 0.3) is 0 Å². The minimum atomic E-state index is -1.12. The SMILES string of the molecule is CC(=O)NCC(O)C(O)c1ccc(CO)nc1. The quantitative estimate of drug-likeness (QED) is 0.534. The van der Waals surface area contributed by atoms with Crippen molar-refractivity contribution in [3.8, 4) is 0 Å². The molecule has 0 aliphatic rings. The molecule has 2 atom stereocenters. The Morgan fingerprint density at radius 1 is 1.47 bits per heavy atom. The van der Waals surface area contributed by atoms with Crippen molar-refractivity contribution in [3.63, 3.8) is 0 Å². The Morgan fingerprint density at radius 3 is 2.65 bits per heavy atom. The molecule has 2 unspecified atom stereocenters. The third kappa shape index (κ3) is 4.10. The van der Waals surface area contributed by atoms with Gasteiger partial charge in [-0.1, -0.05) is 6.07 Å². The van der Waals surface area contributed by atoms with Crippen LogP contribution >= 0.6 is 0 Å². The van der Waals surface area contributed by atoms with E-state index in [4.69, 9.17) is 5.11 Å². The Bertz CT molecular complexity index is 366. The van der Waals surface area contributed by atoms with Gasteiger partial charge in [-0.05, 0) is 6.07 Å². The molecule has 4 N–H and O–H groups in total. The molecule has 1 amide bonds.